The van der Waals surface area contributed by atoms with Crippen LogP contribution in [-0.2, 0) is 9.59 Å². The number of carbonyl (C=O) groups is 3. The Hall–Kier alpha value is -2.38. The lowest BCUT2D eigenvalue weighted by molar-refractivity contribution is -0.132. The average molecular weight is 280 g/mol. The standard InChI is InChI=1S/C12H16N4O4/c1-7(17)16-4-2-8(3-5-16)11(18)13-10-6-9(12(19)20)14-15-10/h6,8H,2-5H2,1H3,(H,19,20)(H2,13,14,15,18). The zero-order valence-corrected chi connectivity index (χ0v) is 11.0. The highest BCUT2D eigenvalue weighted by Crippen LogP contribution is 2.19. The maximum Gasteiger partial charge on any atom is 0.353 e. The van der Waals surface area contributed by atoms with Crippen molar-refractivity contribution in [2.24, 2.45) is 5.92 Å². The highest BCUT2D eigenvalue weighted by atomic mass is 16.4. The smallest absolute Gasteiger partial charge is 0.353 e. The van der Waals surface area contributed by atoms with E-state index in [1.807, 2.05) is 0 Å². The molecule has 0 bridgehead atoms. The van der Waals surface area contributed by atoms with Crippen molar-refractivity contribution in [1.82, 2.24) is 15.1 Å². The Morgan fingerprint density at radius 2 is 2.05 bits per heavy atom. The molecular formula is C12H16N4O4. The number of aromatic amines is 1. The summed E-state index contributed by atoms with van der Waals surface area (Å²) in [6.45, 7) is 2.64. The number of likely N-dealkylation sites (tertiary alicyclic amines) is 1. The number of carboxylic acid groups (broad SMARTS) is 1. The van der Waals surface area contributed by atoms with Crippen molar-refractivity contribution in [2.75, 3.05) is 18.4 Å². The van der Waals surface area contributed by atoms with Gasteiger partial charge in [0.05, 0.1) is 0 Å². The molecule has 8 nitrogen and oxygen atoms in total. The summed E-state index contributed by atoms with van der Waals surface area (Å²) in [5.74, 6) is -1.30. The third-order valence-electron chi connectivity index (χ3n) is 3.37. The van der Waals surface area contributed by atoms with Gasteiger partial charge in [0.15, 0.2) is 5.82 Å². The molecule has 1 saturated heterocycles. The largest absolute Gasteiger partial charge is 0.477 e. The summed E-state index contributed by atoms with van der Waals surface area (Å²) in [6.07, 6.45) is 1.20. The third kappa shape index (κ3) is 3.14. The maximum absolute atomic E-state index is 12.0. The van der Waals surface area contributed by atoms with Crippen LogP contribution in [-0.4, -0.2) is 51.1 Å². The molecule has 20 heavy (non-hydrogen) atoms. The van der Waals surface area contributed by atoms with Gasteiger partial charge in [-0.15, -0.1) is 0 Å². The van der Waals surface area contributed by atoms with Crippen molar-refractivity contribution in [3.05, 3.63) is 11.8 Å². The summed E-state index contributed by atoms with van der Waals surface area (Å²) in [5, 5.41) is 17.4. The molecule has 2 heterocycles. The van der Waals surface area contributed by atoms with E-state index in [-0.39, 0.29) is 29.2 Å². The number of nitrogens with one attached hydrogen (secondary N) is 2. The van der Waals surface area contributed by atoms with Crippen molar-refractivity contribution >= 4 is 23.6 Å². The van der Waals surface area contributed by atoms with Crippen LogP contribution in [0.4, 0.5) is 5.82 Å². The van der Waals surface area contributed by atoms with E-state index in [0.717, 1.165) is 0 Å². The molecule has 0 radical (unpaired) electrons. The van der Waals surface area contributed by atoms with E-state index in [1.54, 1.807) is 4.90 Å². The van der Waals surface area contributed by atoms with Crippen LogP contribution in [0.5, 0.6) is 0 Å². The molecule has 108 valence electrons. The van der Waals surface area contributed by atoms with Crippen LogP contribution in [0.1, 0.15) is 30.3 Å². The molecule has 1 aliphatic heterocycles. The van der Waals surface area contributed by atoms with E-state index in [0.29, 0.717) is 25.9 Å². The molecule has 0 saturated carbocycles. The molecule has 0 aliphatic carbocycles. The summed E-state index contributed by atoms with van der Waals surface area (Å²) < 4.78 is 0. The SMILES string of the molecule is CC(=O)N1CCC(C(=O)Nc2cc(C(=O)O)[nH]n2)CC1. The minimum absolute atomic E-state index is 0.0160. The van der Waals surface area contributed by atoms with Crippen LogP contribution in [0.2, 0.25) is 0 Å². The Kier molecular flexibility index (Phi) is 4.02. The molecule has 1 aliphatic rings. The molecule has 1 fully saturated rings. The number of hydrogen-bond acceptors (Lipinski definition) is 4. The van der Waals surface area contributed by atoms with Gasteiger partial charge in [0, 0.05) is 32.0 Å². The van der Waals surface area contributed by atoms with Gasteiger partial charge in [-0.05, 0) is 12.8 Å². The summed E-state index contributed by atoms with van der Waals surface area (Å²) in [5.41, 5.74) is -0.0771. The highest BCUT2D eigenvalue weighted by Gasteiger charge is 2.26. The monoisotopic (exact) mass is 280 g/mol. The maximum atomic E-state index is 12.0. The summed E-state index contributed by atoms with van der Waals surface area (Å²) in [7, 11) is 0. The van der Waals surface area contributed by atoms with Crippen LogP contribution >= 0.6 is 0 Å². The van der Waals surface area contributed by atoms with Gasteiger partial charge in [-0.25, -0.2) is 4.79 Å². The fourth-order valence-electron chi connectivity index (χ4n) is 2.18. The molecule has 0 spiro atoms. The van der Waals surface area contributed by atoms with Crippen molar-refractivity contribution < 1.29 is 19.5 Å². The zero-order chi connectivity index (χ0) is 14.7. The fraction of sp³-hybridized carbons (Fsp3) is 0.500. The predicted octanol–water partition coefficient (Wildman–Crippen LogP) is 0.305. The second kappa shape index (κ2) is 5.72. The minimum Gasteiger partial charge on any atom is -0.477 e. The number of aromatic nitrogens is 2. The van der Waals surface area contributed by atoms with Gasteiger partial charge in [0.1, 0.15) is 5.69 Å². The molecule has 1 aromatic rings. The molecule has 0 unspecified atom stereocenters. The molecule has 1 aromatic heterocycles. The normalized spacial score (nSPS) is 15.9. The van der Waals surface area contributed by atoms with Crippen LogP contribution in [0.15, 0.2) is 6.07 Å². The molecule has 2 amide bonds. The number of aromatic carboxylic acids is 1. The Morgan fingerprint density at radius 3 is 2.55 bits per heavy atom. The lowest BCUT2D eigenvalue weighted by atomic mass is 9.96. The number of carbonyl (C=O) groups excluding carboxylic acids is 2. The lowest BCUT2D eigenvalue weighted by Gasteiger charge is -2.30. The van der Waals surface area contributed by atoms with Gasteiger partial charge in [0.25, 0.3) is 0 Å². The van der Waals surface area contributed by atoms with E-state index >= 15 is 0 Å². The third-order valence-corrected chi connectivity index (χ3v) is 3.37. The first-order valence-corrected chi connectivity index (χ1v) is 6.32. The number of carboxylic acids is 1. The lowest BCUT2D eigenvalue weighted by Crippen LogP contribution is -2.40. The van der Waals surface area contributed by atoms with E-state index in [2.05, 4.69) is 15.5 Å². The number of H-pyrrole nitrogens is 1. The van der Waals surface area contributed by atoms with Gasteiger partial charge in [0.2, 0.25) is 11.8 Å². The Balaban J connectivity index is 1.89. The summed E-state index contributed by atoms with van der Waals surface area (Å²) in [6, 6.07) is 1.27. The van der Waals surface area contributed by atoms with Gasteiger partial charge in [-0.1, -0.05) is 0 Å². The number of anilines is 1. The molecule has 3 N–H and O–H groups in total. The van der Waals surface area contributed by atoms with E-state index in [4.69, 9.17) is 5.11 Å². The second-order valence-electron chi connectivity index (χ2n) is 4.74. The molecule has 2 rings (SSSR count). The Bertz CT molecular complexity index is 531. The first-order valence-electron chi connectivity index (χ1n) is 6.32. The first-order chi connectivity index (χ1) is 9.47. The number of nitrogens with zero attached hydrogens (tertiary/aromatic N) is 2. The van der Waals surface area contributed by atoms with Crippen molar-refractivity contribution in [2.45, 2.75) is 19.8 Å². The Morgan fingerprint density at radius 1 is 1.40 bits per heavy atom. The fourth-order valence-corrected chi connectivity index (χ4v) is 2.18. The van der Waals surface area contributed by atoms with Gasteiger partial charge < -0.3 is 15.3 Å². The van der Waals surface area contributed by atoms with E-state index in [1.165, 1.54) is 13.0 Å². The summed E-state index contributed by atoms with van der Waals surface area (Å²) in [4.78, 5) is 35.6. The quantitative estimate of drug-likeness (QED) is 0.736. The van der Waals surface area contributed by atoms with Crippen molar-refractivity contribution in [3.8, 4) is 0 Å². The summed E-state index contributed by atoms with van der Waals surface area (Å²) >= 11 is 0. The number of hydrogen-bond donors (Lipinski definition) is 3. The van der Waals surface area contributed by atoms with E-state index < -0.39 is 5.97 Å². The van der Waals surface area contributed by atoms with Gasteiger partial charge in [-0.3, -0.25) is 14.7 Å². The topological polar surface area (TPSA) is 115 Å². The van der Waals surface area contributed by atoms with Crippen molar-refractivity contribution in [3.63, 3.8) is 0 Å². The van der Waals surface area contributed by atoms with Crippen LogP contribution in [0.3, 0.4) is 0 Å². The molecular weight excluding hydrogens is 264 g/mol. The molecule has 0 atom stereocenters. The molecule has 8 heteroatoms. The first kappa shape index (κ1) is 14.0. The minimum atomic E-state index is -1.13. The zero-order valence-electron chi connectivity index (χ0n) is 11.0. The number of piperidine rings is 1. The van der Waals surface area contributed by atoms with Gasteiger partial charge in [-0.2, -0.15) is 5.10 Å². The van der Waals surface area contributed by atoms with Crippen molar-refractivity contribution in [1.29, 1.82) is 0 Å². The highest BCUT2D eigenvalue weighted by molar-refractivity contribution is 5.93. The van der Waals surface area contributed by atoms with E-state index in [9.17, 15) is 14.4 Å². The van der Waals surface area contributed by atoms with Crippen LogP contribution in [0.25, 0.3) is 0 Å². The number of amides is 2. The van der Waals surface area contributed by atoms with Gasteiger partial charge >= 0.3 is 5.97 Å². The molecule has 0 aromatic carbocycles. The second-order valence-corrected chi connectivity index (χ2v) is 4.74. The predicted molar refractivity (Wildman–Crippen MR) is 69.2 cm³/mol. The van der Waals surface area contributed by atoms with Crippen LogP contribution in [0, 0.1) is 5.92 Å². The average Bonchev–Trinajstić information content (AvgIpc) is 2.87. The van der Waals surface area contributed by atoms with Crippen LogP contribution < -0.4 is 5.32 Å². The Labute approximate surface area is 115 Å². The number of rotatable bonds is 3.